The molecule has 0 saturated carbocycles. The van der Waals surface area contributed by atoms with Crippen molar-refractivity contribution in [2.75, 3.05) is 31.1 Å². The highest BCUT2D eigenvalue weighted by Crippen LogP contribution is 2.18. The second-order valence-corrected chi connectivity index (χ2v) is 7.14. The number of hydrogen-bond donors (Lipinski definition) is 2. The maximum atomic E-state index is 5.80. The van der Waals surface area contributed by atoms with Crippen LogP contribution in [-0.2, 0) is 17.7 Å². The van der Waals surface area contributed by atoms with Gasteiger partial charge in [0, 0.05) is 38.8 Å². The van der Waals surface area contributed by atoms with Crippen LogP contribution in [0, 0.1) is 0 Å². The van der Waals surface area contributed by atoms with Gasteiger partial charge in [-0.1, -0.05) is 6.07 Å². The highest BCUT2D eigenvalue weighted by molar-refractivity contribution is 14.0. The molecular weight excluding hydrogens is 481 g/mol. The van der Waals surface area contributed by atoms with Crippen molar-refractivity contribution in [3.8, 4) is 0 Å². The number of anilines is 1. The molecule has 2 atom stereocenters. The monoisotopic (exact) mass is 513 g/mol. The van der Waals surface area contributed by atoms with Gasteiger partial charge in [0.25, 0.3) is 0 Å². The van der Waals surface area contributed by atoms with E-state index in [9.17, 15) is 0 Å². The van der Waals surface area contributed by atoms with E-state index in [4.69, 9.17) is 9.15 Å². The third kappa shape index (κ3) is 7.50. The molecule has 1 aliphatic heterocycles. The molecule has 2 unspecified atom stereocenters. The van der Waals surface area contributed by atoms with Gasteiger partial charge in [-0.05, 0) is 44.5 Å². The van der Waals surface area contributed by atoms with Crippen LogP contribution in [0.1, 0.15) is 32.1 Å². The summed E-state index contributed by atoms with van der Waals surface area (Å²) in [5.74, 6) is 2.77. The lowest BCUT2D eigenvalue weighted by molar-refractivity contribution is -0.00545. The SMILES string of the molecule is CCNC(=NCc1ccc(N2CC(C)OC(C)C2)nc1)NCCc1ccco1.I. The van der Waals surface area contributed by atoms with Crippen molar-refractivity contribution >= 4 is 35.8 Å². The summed E-state index contributed by atoms with van der Waals surface area (Å²) in [5, 5.41) is 6.61. The average molecular weight is 513 g/mol. The van der Waals surface area contributed by atoms with Crippen molar-refractivity contribution in [2.24, 2.45) is 4.99 Å². The Labute approximate surface area is 190 Å². The maximum absolute atomic E-state index is 5.80. The number of nitrogens with one attached hydrogen (secondary N) is 2. The zero-order chi connectivity index (χ0) is 19.8. The molecule has 0 radical (unpaired) electrons. The van der Waals surface area contributed by atoms with Gasteiger partial charge in [0.05, 0.1) is 25.0 Å². The Kier molecular flexibility index (Phi) is 9.72. The molecule has 7 nitrogen and oxygen atoms in total. The normalized spacial score (nSPS) is 19.6. The smallest absolute Gasteiger partial charge is 0.191 e. The first-order valence-corrected chi connectivity index (χ1v) is 10.0. The summed E-state index contributed by atoms with van der Waals surface area (Å²) in [5.41, 5.74) is 1.08. The number of pyridine rings is 1. The Bertz CT molecular complexity index is 726. The van der Waals surface area contributed by atoms with E-state index in [2.05, 4.69) is 58.4 Å². The van der Waals surface area contributed by atoms with Crippen LogP contribution in [0.3, 0.4) is 0 Å². The molecule has 3 rings (SSSR count). The molecule has 29 heavy (non-hydrogen) atoms. The number of morpholine rings is 1. The van der Waals surface area contributed by atoms with Gasteiger partial charge in [-0.25, -0.2) is 9.98 Å². The van der Waals surface area contributed by atoms with E-state index in [1.54, 1.807) is 6.26 Å². The number of aromatic nitrogens is 1. The summed E-state index contributed by atoms with van der Waals surface area (Å²) in [6.07, 6.45) is 4.89. The molecule has 0 aliphatic carbocycles. The molecule has 0 bridgehead atoms. The molecule has 2 N–H and O–H groups in total. The van der Waals surface area contributed by atoms with E-state index in [0.717, 1.165) is 55.7 Å². The molecule has 160 valence electrons. The average Bonchev–Trinajstić information content (AvgIpc) is 3.19. The zero-order valence-corrected chi connectivity index (χ0v) is 19.8. The first-order valence-electron chi connectivity index (χ1n) is 10.0. The molecule has 1 fully saturated rings. The Morgan fingerprint density at radius 3 is 2.62 bits per heavy atom. The summed E-state index contributed by atoms with van der Waals surface area (Å²) < 4.78 is 11.2. The first kappa shape index (κ1) is 23.5. The quantitative estimate of drug-likeness (QED) is 0.337. The van der Waals surface area contributed by atoms with Crippen LogP contribution in [0.2, 0.25) is 0 Å². The number of rotatable bonds is 7. The predicted octanol–water partition coefficient (Wildman–Crippen LogP) is 3.20. The first-order chi connectivity index (χ1) is 13.6. The lowest BCUT2D eigenvalue weighted by Gasteiger charge is -2.36. The zero-order valence-electron chi connectivity index (χ0n) is 17.4. The fraction of sp³-hybridized carbons (Fsp3) is 0.524. The van der Waals surface area contributed by atoms with Gasteiger partial charge < -0.3 is 24.7 Å². The fourth-order valence-electron chi connectivity index (χ4n) is 3.33. The van der Waals surface area contributed by atoms with Crippen molar-refractivity contribution in [1.29, 1.82) is 0 Å². The van der Waals surface area contributed by atoms with Crippen molar-refractivity contribution in [1.82, 2.24) is 15.6 Å². The second-order valence-electron chi connectivity index (χ2n) is 7.14. The Hall–Kier alpha value is -1.81. The molecule has 2 aromatic heterocycles. The lowest BCUT2D eigenvalue weighted by Crippen LogP contribution is -2.45. The number of halogens is 1. The number of furan rings is 1. The van der Waals surface area contributed by atoms with Gasteiger partial charge in [-0.15, -0.1) is 24.0 Å². The number of guanidine groups is 1. The molecule has 1 aliphatic rings. The van der Waals surface area contributed by atoms with E-state index in [1.807, 2.05) is 18.3 Å². The van der Waals surface area contributed by atoms with E-state index in [1.165, 1.54) is 0 Å². The molecule has 0 spiro atoms. The van der Waals surface area contributed by atoms with E-state index < -0.39 is 0 Å². The van der Waals surface area contributed by atoms with Gasteiger partial charge in [0.15, 0.2) is 5.96 Å². The summed E-state index contributed by atoms with van der Waals surface area (Å²) in [6.45, 7) is 10.2. The van der Waals surface area contributed by atoms with Crippen LogP contribution in [0.4, 0.5) is 5.82 Å². The Balaban J connectivity index is 0.00000300. The van der Waals surface area contributed by atoms with E-state index in [0.29, 0.717) is 6.54 Å². The highest BCUT2D eigenvalue weighted by atomic mass is 127. The van der Waals surface area contributed by atoms with Crippen LogP contribution in [0.25, 0.3) is 0 Å². The van der Waals surface area contributed by atoms with E-state index in [-0.39, 0.29) is 36.2 Å². The van der Waals surface area contributed by atoms with Gasteiger partial charge in [-0.2, -0.15) is 0 Å². The van der Waals surface area contributed by atoms with E-state index >= 15 is 0 Å². The molecule has 0 amide bonds. The number of ether oxygens (including phenoxy) is 1. The topological polar surface area (TPSA) is 74.9 Å². The Morgan fingerprint density at radius 1 is 1.21 bits per heavy atom. The summed E-state index contributed by atoms with van der Waals surface area (Å²) in [4.78, 5) is 11.6. The Morgan fingerprint density at radius 2 is 2.00 bits per heavy atom. The minimum atomic E-state index is 0. The molecule has 0 aromatic carbocycles. The van der Waals surface area contributed by atoms with Gasteiger partial charge in [0.2, 0.25) is 0 Å². The molecule has 8 heteroatoms. The number of nitrogens with zero attached hydrogens (tertiary/aromatic N) is 3. The van der Waals surface area contributed by atoms with Crippen molar-refractivity contribution in [2.45, 2.75) is 45.9 Å². The summed E-state index contributed by atoms with van der Waals surface area (Å²) >= 11 is 0. The second kappa shape index (κ2) is 12.0. The molecule has 3 heterocycles. The third-order valence-electron chi connectivity index (χ3n) is 4.56. The van der Waals surface area contributed by atoms with Crippen LogP contribution in [0.15, 0.2) is 46.1 Å². The van der Waals surface area contributed by atoms with Crippen molar-refractivity contribution in [3.63, 3.8) is 0 Å². The van der Waals surface area contributed by atoms with Crippen molar-refractivity contribution in [3.05, 3.63) is 48.0 Å². The predicted molar refractivity (Wildman–Crippen MR) is 127 cm³/mol. The van der Waals surface area contributed by atoms with Crippen LogP contribution in [0.5, 0.6) is 0 Å². The fourth-order valence-corrected chi connectivity index (χ4v) is 3.33. The standard InChI is InChI=1S/C21H31N5O2.HI/c1-4-22-21(23-10-9-19-6-5-11-27-19)25-13-18-7-8-20(24-12-18)26-14-16(2)28-17(3)15-26;/h5-8,11-12,16-17H,4,9-10,13-15H2,1-3H3,(H2,22,23,25);1H. The van der Waals surface area contributed by atoms with Crippen LogP contribution in [-0.4, -0.2) is 49.3 Å². The molecular formula is C21H32IN5O2. The minimum absolute atomic E-state index is 0. The lowest BCUT2D eigenvalue weighted by atomic mass is 10.2. The van der Waals surface area contributed by atoms with Crippen LogP contribution >= 0.6 is 24.0 Å². The summed E-state index contributed by atoms with van der Waals surface area (Å²) in [7, 11) is 0. The third-order valence-corrected chi connectivity index (χ3v) is 4.56. The highest BCUT2D eigenvalue weighted by Gasteiger charge is 2.22. The number of hydrogen-bond acceptors (Lipinski definition) is 5. The number of aliphatic imine (C=N–C) groups is 1. The maximum Gasteiger partial charge on any atom is 0.191 e. The minimum Gasteiger partial charge on any atom is -0.469 e. The summed E-state index contributed by atoms with van der Waals surface area (Å²) in [6, 6.07) is 8.06. The molecule has 2 aromatic rings. The van der Waals surface area contributed by atoms with Gasteiger partial charge in [-0.3, -0.25) is 0 Å². The van der Waals surface area contributed by atoms with Crippen molar-refractivity contribution < 1.29 is 9.15 Å². The van der Waals surface area contributed by atoms with Gasteiger partial charge >= 0.3 is 0 Å². The van der Waals surface area contributed by atoms with Crippen LogP contribution < -0.4 is 15.5 Å². The molecule has 1 saturated heterocycles. The van der Waals surface area contributed by atoms with Gasteiger partial charge in [0.1, 0.15) is 11.6 Å². The largest absolute Gasteiger partial charge is 0.469 e.